The van der Waals surface area contributed by atoms with Crippen LogP contribution in [-0.4, -0.2) is 0 Å². The third kappa shape index (κ3) is 0.954. The molecule has 0 fully saturated rings. The summed E-state index contributed by atoms with van der Waals surface area (Å²) >= 11 is 0. The van der Waals surface area contributed by atoms with Gasteiger partial charge in [-0.1, -0.05) is 17.9 Å². The van der Waals surface area contributed by atoms with Crippen LogP contribution < -0.4 is 9.67 Å². The lowest BCUT2D eigenvalue weighted by molar-refractivity contribution is -0.565. The molecule has 0 bridgehead atoms. The third-order valence-corrected chi connectivity index (χ3v) is 2.48. The topological polar surface area (TPSA) is 40.1 Å². The van der Waals surface area contributed by atoms with Gasteiger partial charge in [0.2, 0.25) is 5.58 Å². The van der Waals surface area contributed by atoms with Crippen LogP contribution in [0.15, 0.2) is 34.4 Å². The van der Waals surface area contributed by atoms with Crippen molar-refractivity contribution >= 4 is 17.3 Å². The van der Waals surface area contributed by atoms with Gasteiger partial charge >= 0.3 is 5.89 Å². The Morgan fingerprint density at radius 1 is 1.21 bits per heavy atom. The van der Waals surface area contributed by atoms with Gasteiger partial charge in [0.1, 0.15) is 0 Å². The van der Waals surface area contributed by atoms with E-state index in [1.54, 1.807) is 6.20 Å². The molecule has 0 amide bonds. The Kier molecular flexibility index (Phi) is 1.42. The van der Waals surface area contributed by atoms with E-state index in [1.165, 1.54) is 0 Å². The number of hydrogen-bond donors (Lipinski definition) is 0. The number of nitrogens with zero attached hydrogens (tertiary/aromatic N) is 1. The summed E-state index contributed by atoms with van der Waals surface area (Å²) in [4.78, 5) is 0. The van der Waals surface area contributed by atoms with Gasteiger partial charge in [0.15, 0.2) is 6.20 Å². The van der Waals surface area contributed by atoms with Gasteiger partial charge in [-0.3, -0.25) is 0 Å². The van der Waals surface area contributed by atoms with Gasteiger partial charge < -0.3 is 9.52 Å². The predicted octanol–water partition coefficient (Wildman–Crippen LogP) is 0.825. The molecule has 2 aromatic rings. The van der Waals surface area contributed by atoms with Crippen LogP contribution in [0.2, 0.25) is 0 Å². The maximum Gasteiger partial charge on any atom is 0.353 e. The van der Waals surface area contributed by atoms with E-state index in [2.05, 4.69) is 0 Å². The largest absolute Gasteiger partial charge is 0.871 e. The number of allylic oxidation sites excluding steroid dienone is 1. The van der Waals surface area contributed by atoms with Crippen LogP contribution in [0.4, 0.5) is 0 Å². The average Bonchev–Trinajstić information content (AvgIpc) is 2.56. The maximum atomic E-state index is 11.2. The third-order valence-electron chi connectivity index (χ3n) is 2.48. The van der Waals surface area contributed by atoms with Crippen molar-refractivity contribution in [1.29, 1.82) is 0 Å². The number of hydrogen-bond acceptors (Lipinski definition) is 2. The first-order chi connectivity index (χ1) is 6.84. The first kappa shape index (κ1) is 7.62. The molecule has 1 aromatic heterocycles. The second kappa shape index (κ2) is 2.61. The summed E-state index contributed by atoms with van der Waals surface area (Å²) in [5.41, 5.74) is 1.81. The van der Waals surface area contributed by atoms with Crippen LogP contribution in [0.5, 0.6) is 0 Å². The minimum absolute atomic E-state index is 0.161. The van der Waals surface area contributed by atoms with Gasteiger partial charge in [-0.05, 0) is 12.5 Å². The molecule has 0 unspecified atom stereocenters. The van der Waals surface area contributed by atoms with Gasteiger partial charge in [-0.25, -0.2) is 0 Å². The second-order valence-electron chi connectivity index (χ2n) is 3.43. The zero-order valence-electron chi connectivity index (χ0n) is 7.56. The SMILES string of the molecule is [O-]C1=C[n+]2c(oc3ccccc32)CC1. The van der Waals surface area contributed by atoms with E-state index in [4.69, 9.17) is 4.42 Å². The van der Waals surface area contributed by atoms with Gasteiger partial charge in [0, 0.05) is 6.07 Å². The van der Waals surface area contributed by atoms with Crippen molar-refractivity contribution in [2.24, 2.45) is 0 Å². The molecule has 0 saturated carbocycles. The highest BCUT2D eigenvalue weighted by atomic mass is 16.4. The van der Waals surface area contributed by atoms with E-state index in [1.807, 2.05) is 28.8 Å². The predicted molar refractivity (Wildman–Crippen MR) is 49.0 cm³/mol. The molecule has 0 spiro atoms. The van der Waals surface area contributed by atoms with Crippen molar-refractivity contribution in [2.45, 2.75) is 12.8 Å². The number of oxazole rings is 1. The average molecular weight is 187 g/mol. The van der Waals surface area contributed by atoms with E-state index in [0.717, 1.165) is 17.0 Å². The number of aryl methyl sites for hydroxylation is 1. The Morgan fingerprint density at radius 3 is 3.00 bits per heavy atom. The molecule has 1 aromatic carbocycles. The molecule has 0 atom stereocenters. The van der Waals surface area contributed by atoms with E-state index in [-0.39, 0.29) is 5.76 Å². The van der Waals surface area contributed by atoms with Crippen LogP contribution in [-0.2, 0) is 6.42 Å². The monoisotopic (exact) mass is 187 g/mol. The van der Waals surface area contributed by atoms with Crippen molar-refractivity contribution in [1.82, 2.24) is 0 Å². The fraction of sp³-hybridized carbons (Fsp3) is 0.182. The molecule has 2 heterocycles. The lowest BCUT2D eigenvalue weighted by atomic mass is 10.2. The van der Waals surface area contributed by atoms with Crippen molar-refractivity contribution in [3.8, 4) is 0 Å². The summed E-state index contributed by atoms with van der Waals surface area (Å²) in [5, 5.41) is 11.2. The molecule has 0 N–H and O–H groups in total. The molecular formula is C11H9NO2. The van der Waals surface area contributed by atoms with Gasteiger partial charge in [0.25, 0.3) is 5.52 Å². The van der Waals surface area contributed by atoms with Crippen LogP contribution in [0.1, 0.15) is 12.3 Å². The minimum Gasteiger partial charge on any atom is -0.871 e. The standard InChI is InChI=1S/C11H9NO2/c13-8-5-6-11-12(7-8)9-3-1-2-4-10(9)14-11/h1-4,7H,5-6H2. The fourth-order valence-corrected chi connectivity index (χ4v) is 1.80. The molecule has 0 radical (unpaired) electrons. The summed E-state index contributed by atoms with van der Waals surface area (Å²) in [6.45, 7) is 0. The number of aromatic nitrogens is 1. The number of fused-ring (bicyclic) bond motifs is 3. The van der Waals surface area contributed by atoms with Crippen LogP contribution in [0.3, 0.4) is 0 Å². The van der Waals surface area contributed by atoms with E-state index in [0.29, 0.717) is 12.8 Å². The lowest BCUT2D eigenvalue weighted by Gasteiger charge is -2.09. The zero-order chi connectivity index (χ0) is 9.54. The van der Waals surface area contributed by atoms with Gasteiger partial charge in [-0.2, -0.15) is 0 Å². The van der Waals surface area contributed by atoms with Crippen molar-refractivity contribution in [2.75, 3.05) is 0 Å². The summed E-state index contributed by atoms with van der Waals surface area (Å²) in [6.07, 6.45) is 2.87. The Labute approximate surface area is 80.9 Å². The number of benzene rings is 1. The van der Waals surface area contributed by atoms with Gasteiger partial charge in [-0.15, -0.1) is 4.57 Å². The van der Waals surface area contributed by atoms with E-state index < -0.39 is 0 Å². The van der Waals surface area contributed by atoms with Crippen molar-refractivity contribution in [3.63, 3.8) is 0 Å². The normalized spacial score (nSPS) is 15.3. The molecule has 3 nitrogen and oxygen atoms in total. The molecule has 14 heavy (non-hydrogen) atoms. The summed E-state index contributed by atoms with van der Waals surface area (Å²) < 4.78 is 7.47. The molecule has 3 heteroatoms. The molecule has 70 valence electrons. The number of rotatable bonds is 0. The van der Waals surface area contributed by atoms with Gasteiger partial charge in [0.05, 0.1) is 6.42 Å². The first-order valence-corrected chi connectivity index (χ1v) is 4.64. The Morgan fingerprint density at radius 2 is 2.07 bits per heavy atom. The molecule has 0 saturated heterocycles. The highest BCUT2D eigenvalue weighted by molar-refractivity contribution is 5.69. The van der Waals surface area contributed by atoms with E-state index in [9.17, 15) is 5.11 Å². The zero-order valence-corrected chi connectivity index (χ0v) is 7.56. The molecule has 0 aliphatic carbocycles. The maximum absolute atomic E-state index is 11.2. The lowest BCUT2D eigenvalue weighted by Crippen LogP contribution is -2.34. The Hall–Kier alpha value is -1.77. The first-order valence-electron chi connectivity index (χ1n) is 4.64. The minimum atomic E-state index is 0.161. The fourth-order valence-electron chi connectivity index (χ4n) is 1.80. The molecular weight excluding hydrogens is 178 g/mol. The smallest absolute Gasteiger partial charge is 0.353 e. The summed E-state index contributed by atoms with van der Waals surface area (Å²) in [5.74, 6) is 1.03. The molecule has 1 aliphatic rings. The molecule has 1 aliphatic heterocycles. The summed E-state index contributed by atoms with van der Waals surface area (Å²) in [7, 11) is 0. The van der Waals surface area contributed by atoms with Crippen molar-refractivity contribution < 1.29 is 14.1 Å². The van der Waals surface area contributed by atoms with Crippen LogP contribution in [0.25, 0.3) is 17.3 Å². The van der Waals surface area contributed by atoms with E-state index >= 15 is 0 Å². The van der Waals surface area contributed by atoms with Crippen molar-refractivity contribution in [3.05, 3.63) is 35.9 Å². The Bertz CT molecular complexity index is 525. The van der Waals surface area contributed by atoms with Crippen LogP contribution in [0, 0.1) is 0 Å². The quantitative estimate of drug-likeness (QED) is 0.573. The molecule has 3 rings (SSSR count). The highest BCUT2D eigenvalue weighted by Gasteiger charge is 2.22. The number of para-hydroxylation sites is 2. The van der Waals surface area contributed by atoms with Crippen LogP contribution >= 0.6 is 0 Å². The second-order valence-corrected chi connectivity index (χ2v) is 3.43. The summed E-state index contributed by atoms with van der Waals surface area (Å²) in [6, 6.07) is 7.74. The Balaban J connectivity index is 2.37. The highest BCUT2D eigenvalue weighted by Crippen LogP contribution is 2.17.